The summed E-state index contributed by atoms with van der Waals surface area (Å²) in [5.41, 5.74) is 1.39. The van der Waals surface area contributed by atoms with Gasteiger partial charge in [0.1, 0.15) is 11.6 Å². The molecule has 0 bridgehead atoms. The van der Waals surface area contributed by atoms with Gasteiger partial charge in [-0.2, -0.15) is 4.98 Å². The van der Waals surface area contributed by atoms with Crippen LogP contribution in [0.15, 0.2) is 36.5 Å². The molecule has 6 heteroatoms. The highest BCUT2D eigenvalue weighted by Crippen LogP contribution is 2.26. The molecule has 2 fully saturated rings. The Morgan fingerprint density at radius 1 is 1.00 bits per heavy atom. The lowest BCUT2D eigenvalue weighted by atomic mass is 9.90. The average molecular weight is 368 g/mol. The molecule has 4 rings (SSSR count). The molecule has 2 aliphatic heterocycles. The summed E-state index contributed by atoms with van der Waals surface area (Å²) in [5.74, 6) is 3.54. The van der Waals surface area contributed by atoms with E-state index in [9.17, 15) is 0 Å². The highest BCUT2D eigenvalue weighted by atomic mass is 16.5. The Bertz CT molecular complexity index is 723. The molecule has 0 unspecified atom stereocenters. The van der Waals surface area contributed by atoms with Crippen molar-refractivity contribution < 1.29 is 9.47 Å². The van der Waals surface area contributed by atoms with Crippen LogP contribution in [0.2, 0.25) is 0 Å². The first-order valence-electron chi connectivity index (χ1n) is 9.85. The van der Waals surface area contributed by atoms with E-state index in [1.165, 1.54) is 18.4 Å². The number of benzene rings is 1. The summed E-state index contributed by atoms with van der Waals surface area (Å²) in [6, 6.07) is 10.5. The van der Waals surface area contributed by atoms with Crippen LogP contribution in [0, 0.1) is 5.92 Å². The summed E-state index contributed by atoms with van der Waals surface area (Å²) in [5, 5.41) is 0. The summed E-state index contributed by atoms with van der Waals surface area (Å²) >= 11 is 0. The largest absolute Gasteiger partial charge is 0.497 e. The monoisotopic (exact) mass is 368 g/mol. The first kappa shape index (κ1) is 18.0. The lowest BCUT2D eigenvalue weighted by Crippen LogP contribution is -2.38. The normalized spacial score (nSPS) is 18.6. The van der Waals surface area contributed by atoms with Crippen LogP contribution in [0.3, 0.4) is 0 Å². The van der Waals surface area contributed by atoms with Crippen LogP contribution in [-0.2, 0) is 11.2 Å². The number of hydrogen-bond acceptors (Lipinski definition) is 6. The van der Waals surface area contributed by atoms with E-state index in [1.807, 2.05) is 12.3 Å². The maximum atomic E-state index is 5.43. The fourth-order valence-corrected chi connectivity index (χ4v) is 3.89. The molecule has 1 aromatic carbocycles. The molecule has 2 aromatic rings. The molecule has 27 heavy (non-hydrogen) atoms. The molecule has 0 radical (unpaired) electrons. The van der Waals surface area contributed by atoms with Crippen molar-refractivity contribution in [2.45, 2.75) is 19.3 Å². The van der Waals surface area contributed by atoms with Gasteiger partial charge in [0.05, 0.1) is 20.3 Å². The fraction of sp³-hybridized carbons (Fsp3) is 0.524. The van der Waals surface area contributed by atoms with Gasteiger partial charge in [-0.1, -0.05) is 12.1 Å². The van der Waals surface area contributed by atoms with Gasteiger partial charge in [-0.05, 0) is 48.9 Å². The number of methoxy groups -OCH3 is 1. The minimum Gasteiger partial charge on any atom is -0.497 e. The standard InChI is InChI=1S/C21H28N4O2/c1-26-19-4-2-17(3-5-19)16-18-7-10-24(11-8-18)20-6-9-22-21(23-20)25-12-14-27-15-13-25/h2-6,9,18H,7-8,10-16H2,1H3. The third-order valence-corrected chi connectivity index (χ3v) is 5.54. The maximum absolute atomic E-state index is 5.43. The fourth-order valence-electron chi connectivity index (χ4n) is 3.89. The van der Waals surface area contributed by atoms with Gasteiger partial charge >= 0.3 is 0 Å². The minimum absolute atomic E-state index is 0.732. The van der Waals surface area contributed by atoms with Crippen molar-refractivity contribution in [3.05, 3.63) is 42.1 Å². The van der Waals surface area contributed by atoms with Crippen molar-refractivity contribution >= 4 is 11.8 Å². The van der Waals surface area contributed by atoms with Gasteiger partial charge in [-0.25, -0.2) is 4.98 Å². The number of aromatic nitrogens is 2. The zero-order valence-corrected chi connectivity index (χ0v) is 16.0. The van der Waals surface area contributed by atoms with Gasteiger partial charge in [-0.15, -0.1) is 0 Å². The Morgan fingerprint density at radius 3 is 2.44 bits per heavy atom. The molecule has 6 nitrogen and oxygen atoms in total. The summed E-state index contributed by atoms with van der Waals surface area (Å²) in [4.78, 5) is 13.9. The van der Waals surface area contributed by atoms with Crippen molar-refractivity contribution in [2.75, 3.05) is 56.3 Å². The molecule has 3 heterocycles. The molecule has 0 N–H and O–H groups in total. The summed E-state index contributed by atoms with van der Waals surface area (Å²) in [6.45, 7) is 5.36. The molecule has 0 saturated carbocycles. The first-order chi connectivity index (χ1) is 13.3. The molecular weight excluding hydrogens is 340 g/mol. The predicted octanol–water partition coefficient (Wildman–Crippen LogP) is 2.78. The number of hydrogen-bond donors (Lipinski definition) is 0. The lowest BCUT2D eigenvalue weighted by molar-refractivity contribution is 0.122. The minimum atomic E-state index is 0.732. The van der Waals surface area contributed by atoms with Crippen LogP contribution in [0.25, 0.3) is 0 Å². The van der Waals surface area contributed by atoms with Gasteiger partial charge in [0.25, 0.3) is 0 Å². The van der Waals surface area contributed by atoms with Crippen LogP contribution >= 0.6 is 0 Å². The third kappa shape index (κ3) is 4.50. The molecule has 2 saturated heterocycles. The number of nitrogens with zero attached hydrogens (tertiary/aromatic N) is 4. The summed E-state index contributed by atoms with van der Waals surface area (Å²) in [7, 11) is 1.71. The van der Waals surface area contributed by atoms with E-state index in [2.05, 4.69) is 39.0 Å². The van der Waals surface area contributed by atoms with Crippen molar-refractivity contribution in [1.82, 2.24) is 9.97 Å². The van der Waals surface area contributed by atoms with E-state index >= 15 is 0 Å². The molecule has 144 valence electrons. The van der Waals surface area contributed by atoms with Crippen LogP contribution in [0.1, 0.15) is 18.4 Å². The number of piperidine rings is 1. The highest BCUT2D eigenvalue weighted by molar-refractivity contribution is 5.44. The van der Waals surface area contributed by atoms with Crippen LogP contribution in [0.5, 0.6) is 5.75 Å². The smallest absolute Gasteiger partial charge is 0.227 e. The van der Waals surface area contributed by atoms with Crippen LogP contribution in [-0.4, -0.2) is 56.5 Å². The van der Waals surface area contributed by atoms with Crippen LogP contribution < -0.4 is 14.5 Å². The Hall–Kier alpha value is -2.34. The maximum Gasteiger partial charge on any atom is 0.227 e. The summed E-state index contributed by atoms with van der Waals surface area (Å²) in [6.07, 6.45) is 5.42. The topological polar surface area (TPSA) is 50.7 Å². The van der Waals surface area contributed by atoms with Gasteiger partial charge in [0.15, 0.2) is 0 Å². The molecule has 0 aliphatic carbocycles. The molecule has 1 aromatic heterocycles. The van der Waals surface area contributed by atoms with Crippen molar-refractivity contribution in [3.63, 3.8) is 0 Å². The Balaban J connectivity index is 1.33. The lowest BCUT2D eigenvalue weighted by Gasteiger charge is -2.33. The van der Waals surface area contributed by atoms with Gasteiger partial charge < -0.3 is 19.3 Å². The first-order valence-corrected chi connectivity index (χ1v) is 9.85. The number of anilines is 2. The number of morpholine rings is 1. The van der Waals surface area contributed by atoms with Gasteiger partial charge in [0, 0.05) is 32.4 Å². The predicted molar refractivity (Wildman–Crippen MR) is 107 cm³/mol. The number of rotatable bonds is 5. The highest BCUT2D eigenvalue weighted by Gasteiger charge is 2.22. The quantitative estimate of drug-likeness (QED) is 0.809. The van der Waals surface area contributed by atoms with Crippen molar-refractivity contribution in [1.29, 1.82) is 0 Å². The second kappa shape index (κ2) is 8.57. The van der Waals surface area contributed by atoms with Crippen molar-refractivity contribution in [2.24, 2.45) is 5.92 Å². The average Bonchev–Trinajstić information content (AvgIpc) is 2.75. The molecule has 2 aliphatic rings. The second-order valence-corrected chi connectivity index (χ2v) is 7.30. The molecule has 0 amide bonds. The molecule has 0 spiro atoms. The van der Waals surface area contributed by atoms with Gasteiger partial charge in [0.2, 0.25) is 5.95 Å². The van der Waals surface area contributed by atoms with E-state index < -0.39 is 0 Å². The second-order valence-electron chi connectivity index (χ2n) is 7.30. The van der Waals surface area contributed by atoms with E-state index in [-0.39, 0.29) is 0 Å². The van der Waals surface area contributed by atoms with Crippen molar-refractivity contribution in [3.8, 4) is 5.75 Å². The Morgan fingerprint density at radius 2 is 1.74 bits per heavy atom. The van der Waals surface area contributed by atoms with E-state index in [4.69, 9.17) is 14.5 Å². The molecule has 0 atom stereocenters. The third-order valence-electron chi connectivity index (χ3n) is 5.54. The summed E-state index contributed by atoms with van der Waals surface area (Å²) < 4.78 is 10.7. The number of ether oxygens (including phenoxy) is 2. The zero-order valence-electron chi connectivity index (χ0n) is 16.0. The van der Waals surface area contributed by atoms with E-state index in [0.29, 0.717) is 0 Å². The van der Waals surface area contributed by atoms with Gasteiger partial charge in [-0.3, -0.25) is 0 Å². The Kier molecular flexibility index (Phi) is 5.72. The SMILES string of the molecule is COc1ccc(CC2CCN(c3ccnc(N4CCOCC4)n3)CC2)cc1. The van der Waals surface area contributed by atoms with Crippen LogP contribution in [0.4, 0.5) is 11.8 Å². The molecular formula is C21H28N4O2. The van der Waals surface area contributed by atoms with E-state index in [1.54, 1.807) is 7.11 Å². The van der Waals surface area contributed by atoms with E-state index in [0.717, 1.165) is 69.2 Å². The zero-order chi connectivity index (χ0) is 18.5. The Labute approximate surface area is 161 Å².